The number of hydrogen-bond acceptors (Lipinski definition) is 1. The molecular weight excluding hydrogens is 567 g/mol. The van der Waals surface area contributed by atoms with Crippen molar-refractivity contribution in [2.75, 3.05) is 11.4 Å². The Hall–Kier alpha value is -5.40. The average Bonchev–Trinajstić information content (AvgIpc) is 3.27. The number of anilines is 2. The molecule has 0 aromatic heterocycles. The van der Waals surface area contributed by atoms with Crippen LogP contribution in [-0.4, -0.2) is 6.54 Å². The highest BCUT2D eigenvalue weighted by molar-refractivity contribution is 5.93. The Kier molecular flexibility index (Phi) is 8.71. The second-order valence-corrected chi connectivity index (χ2v) is 12.6. The van der Waals surface area contributed by atoms with E-state index < -0.39 is 0 Å². The van der Waals surface area contributed by atoms with Gasteiger partial charge in [0.1, 0.15) is 0 Å². The van der Waals surface area contributed by atoms with Gasteiger partial charge in [-0.25, -0.2) is 0 Å². The SMILES string of the molecule is CCN1c2ccc(/C=C(\c3ccccc3)c3ccc(C)cc3)cc2CCc2cc(/C=C(\c3ccccc3)c3ccc(C)cc3)ccc21. The Morgan fingerprint density at radius 3 is 1.26 bits per heavy atom. The second kappa shape index (κ2) is 13.5. The first-order valence-electron chi connectivity index (χ1n) is 16.8. The molecule has 0 fully saturated rings. The van der Waals surface area contributed by atoms with Gasteiger partial charge in [-0.2, -0.15) is 0 Å². The standard InChI is InChI=1S/C46H41N/c1-4-47-45-27-19-35(31-43(37-11-7-5-8-12-37)39-21-15-33(2)16-22-39)29-41(45)25-26-42-30-36(20-28-46(42)47)32-44(38-13-9-6-10-14-38)40-23-17-34(3)18-24-40/h5-24,27-32H,4,25-26H2,1-3H3/b43-31+,44-32+. The van der Waals surface area contributed by atoms with E-state index in [2.05, 4.69) is 183 Å². The van der Waals surface area contributed by atoms with Gasteiger partial charge in [-0.1, -0.05) is 132 Å². The van der Waals surface area contributed by atoms with Crippen LogP contribution in [0, 0.1) is 13.8 Å². The van der Waals surface area contributed by atoms with Gasteiger partial charge < -0.3 is 4.90 Å². The summed E-state index contributed by atoms with van der Waals surface area (Å²) in [7, 11) is 0. The molecule has 1 heteroatoms. The number of benzene rings is 6. The van der Waals surface area contributed by atoms with Gasteiger partial charge in [-0.3, -0.25) is 0 Å². The van der Waals surface area contributed by atoms with Crippen LogP contribution in [0.15, 0.2) is 146 Å². The molecule has 0 atom stereocenters. The van der Waals surface area contributed by atoms with Crippen LogP contribution < -0.4 is 4.90 Å². The zero-order valence-corrected chi connectivity index (χ0v) is 27.6. The first-order chi connectivity index (χ1) is 23.1. The molecule has 6 aromatic rings. The van der Waals surface area contributed by atoms with Crippen molar-refractivity contribution in [1.29, 1.82) is 0 Å². The third-order valence-corrected chi connectivity index (χ3v) is 9.29. The molecule has 6 aromatic carbocycles. The van der Waals surface area contributed by atoms with Gasteiger partial charge in [-0.15, -0.1) is 0 Å². The van der Waals surface area contributed by atoms with Crippen molar-refractivity contribution in [3.8, 4) is 0 Å². The molecule has 0 bridgehead atoms. The number of rotatable bonds is 7. The molecule has 0 aliphatic carbocycles. The zero-order valence-electron chi connectivity index (χ0n) is 27.6. The molecule has 47 heavy (non-hydrogen) atoms. The fraction of sp³-hybridized carbons (Fsp3) is 0.130. The van der Waals surface area contributed by atoms with E-state index in [1.807, 2.05) is 0 Å². The van der Waals surface area contributed by atoms with E-state index in [0.29, 0.717) is 0 Å². The van der Waals surface area contributed by atoms with E-state index in [-0.39, 0.29) is 0 Å². The van der Waals surface area contributed by atoms with Crippen LogP contribution in [0.2, 0.25) is 0 Å². The molecule has 0 saturated carbocycles. The first kappa shape index (κ1) is 30.3. The largest absolute Gasteiger partial charge is 0.341 e. The van der Waals surface area contributed by atoms with E-state index >= 15 is 0 Å². The van der Waals surface area contributed by atoms with Gasteiger partial charge in [0.15, 0.2) is 0 Å². The molecule has 230 valence electrons. The summed E-state index contributed by atoms with van der Waals surface area (Å²) in [5.41, 5.74) is 17.9. The molecule has 0 saturated heterocycles. The smallest absolute Gasteiger partial charge is 0.0443 e. The summed E-state index contributed by atoms with van der Waals surface area (Å²) < 4.78 is 0. The Morgan fingerprint density at radius 1 is 0.489 bits per heavy atom. The Bertz CT molecular complexity index is 1900. The van der Waals surface area contributed by atoms with Gasteiger partial charge in [0.2, 0.25) is 0 Å². The van der Waals surface area contributed by atoms with Gasteiger partial charge in [0.25, 0.3) is 0 Å². The maximum atomic E-state index is 2.49. The van der Waals surface area contributed by atoms with Crippen LogP contribution in [0.4, 0.5) is 11.4 Å². The molecule has 1 heterocycles. The molecule has 0 spiro atoms. The molecule has 1 aliphatic rings. The molecule has 1 nitrogen and oxygen atoms in total. The van der Waals surface area contributed by atoms with Gasteiger partial charge in [0.05, 0.1) is 0 Å². The second-order valence-electron chi connectivity index (χ2n) is 12.6. The normalized spacial score (nSPS) is 13.1. The minimum atomic E-state index is 0.918. The summed E-state index contributed by atoms with van der Waals surface area (Å²) in [6.07, 6.45) is 6.71. The van der Waals surface area contributed by atoms with Gasteiger partial charge in [0, 0.05) is 17.9 Å². The van der Waals surface area contributed by atoms with Crippen LogP contribution in [0.5, 0.6) is 0 Å². The molecule has 0 N–H and O–H groups in total. The summed E-state index contributed by atoms with van der Waals surface area (Å²) in [6.45, 7) is 7.47. The topological polar surface area (TPSA) is 3.24 Å². The fourth-order valence-corrected chi connectivity index (χ4v) is 6.76. The lowest BCUT2D eigenvalue weighted by Gasteiger charge is -2.26. The van der Waals surface area contributed by atoms with Crippen molar-refractivity contribution in [3.05, 3.63) is 201 Å². The molecule has 0 unspecified atom stereocenters. The highest BCUT2D eigenvalue weighted by atomic mass is 15.1. The van der Waals surface area contributed by atoms with Crippen molar-refractivity contribution >= 4 is 34.7 Å². The van der Waals surface area contributed by atoms with E-state index in [1.54, 1.807) is 0 Å². The van der Waals surface area contributed by atoms with E-state index in [0.717, 1.165) is 19.4 Å². The molecule has 7 rings (SSSR count). The van der Waals surface area contributed by atoms with Crippen molar-refractivity contribution < 1.29 is 0 Å². The molecular formula is C46H41N. The molecule has 1 aliphatic heterocycles. The van der Waals surface area contributed by atoms with E-state index in [4.69, 9.17) is 0 Å². The molecule has 0 amide bonds. The van der Waals surface area contributed by atoms with Crippen molar-refractivity contribution in [2.24, 2.45) is 0 Å². The van der Waals surface area contributed by atoms with Crippen LogP contribution >= 0.6 is 0 Å². The minimum absolute atomic E-state index is 0.918. The highest BCUT2D eigenvalue weighted by Crippen LogP contribution is 2.38. The van der Waals surface area contributed by atoms with E-state index in [1.165, 1.54) is 78.2 Å². The third-order valence-electron chi connectivity index (χ3n) is 9.29. The summed E-state index contributed by atoms with van der Waals surface area (Å²) >= 11 is 0. The van der Waals surface area contributed by atoms with Crippen LogP contribution in [-0.2, 0) is 12.8 Å². The van der Waals surface area contributed by atoms with Crippen molar-refractivity contribution in [3.63, 3.8) is 0 Å². The van der Waals surface area contributed by atoms with Crippen molar-refractivity contribution in [2.45, 2.75) is 33.6 Å². The summed E-state index contributed by atoms with van der Waals surface area (Å²) in [4.78, 5) is 2.49. The summed E-state index contributed by atoms with van der Waals surface area (Å²) in [5, 5.41) is 0. The first-order valence-corrected chi connectivity index (χ1v) is 16.8. The summed E-state index contributed by atoms with van der Waals surface area (Å²) in [6, 6.07) is 53.3. The Balaban J connectivity index is 1.25. The Morgan fingerprint density at radius 2 is 0.872 bits per heavy atom. The fourth-order valence-electron chi connectivity index (χ4n) is 6.76. The summed E-state index contributed by atoms with van der Waals surface area (Å²) in [5.74, 6) is 0. The number of hydrogen-bond donors (Lipinski definition) is 0. The predicted molar refractivity (Wildman–Crippen MR) is 202 cm³/mol. The van der Waals surface area contributed by atoms with Crippen LogP contribution in [0.1, 0.15) is 62.6 Å². The van der Waals surface area contributed by atoms with Crippen molar-refractivity contribution in [1.82, 2.24) is 0 Å². The number of fused-ring (bicyclic) bond motifs is 2. The maximum absolute atomic E-state index is 2.49. The highest BCUT2D eigenvalue weighted by Gasteiger charge is 2.20. The lowest BCUT2D eigenvalue weighted by atomic mass is 9.93. The minimum Gasteiger partial charge on any atom is -0.341 e. The quantitative estimate of drug-likeness (QED) is 0.163. The lowest BCUT2D eigenvalue weighted by Crippen LogP contribution is -2.17. The monoisotopic (exact) mass is 607 g/mol. The van der Waals surface area contributed by atoms with E-state index in [9.17, 15) is 0 Å². The van der Waals surface area contributed by atoms with Gasteiger partial charge in [-0.05, 0) is 126 Å². The molecule has 0 radical (unpaired) electrons. The lowest BCUT2D eigenvalue weighted by molar-refractivity contribution is 0.976. The third kappa shape index (κ3) is 6.62. The number of aryl methyl sites for hydroxylation is 4. The Labute approximate surface area is 280 Å². The average molecular weight is 608 g/mol. The van der Waals surface area contributed by atoms with Crippen LogP contribution in [0.3, 0.4) is 0 Å². The predicted octanol–water partition coefficient (Wildman–Crippen LogP) is 11.7. The maximum Gasteiger partial charge on any atom is 0.0443 e. The van der Waals surface area contributed by atoms with Crippen LogP contribution in [0.25, 0.3) is 23.3 Å². The zero-order chi connectivity index (χ0) is 32.2. The number of nitrogens with zero attached hydrogens (tertiary/aromatic N) is 1. The van der Waals surface area contributed by atoms with Gasteiger partial charge >= 0.3 is 0 Å².